The Morgan fingerprint density at radius 3 is 2.56 bits per heavy atom. The minimum absolute atomic E-state index is 0.0991. The number of aliphatic hydroxyl groups excluding tert-OH is 1. The first kappa shape index (κ1) is 12.5. The summed E-state index contributed by atoms with van der Waals surface area (Å²) in [4.78, 5) is 11.4. The third kappa shape index (κ3) is 3.90. The van der Waals surface area contributed by atoms with Gasteiger partial charge in [0.15, 0.2) is 11.5 Å². The van der Waals surface area contributed by atoms with Crippen LogP contribution in [-0.4, -0.2) is 24.8 Å². The lowest BCUT2D eigenvalue weighted by molar-refractivity contribution is -0.134. The van der Waals surface area contributed by atoms with Crippen molar-refractivity contribution in [2.45, 2.75) is 19.3 Å². The molecule has 1 aromatic rings. The molecule has 0 aliphatic heterocycles. The monoisotopic (exact) mass is 224 g/mol. The molecule has 1 N–H and O–H groups in total. The Bertz CT molecular complexity index is 336. The third-order valence-corrected chi connectivity index (χ3v) is 2.08. The zero-order valence-corrected chi connectivity index (χ0v) is 9.31. The Hall–Kier alpha value is -1.55. The lowest BCUT2D eigenvalue weighted by Gasteiger charge is -2.08. The molecule has 16 heavy (non-hydrogen) atoms. The van der Waals surface area contributed by atoms with E-state index in [9.17, 15) is 4.79 Å². The Morgan fingerprint density at radius 2 is 1.94 bits per heavy atom. The van der Waals surface area contributed by atoms with E-state index in [1.807, 2.05) is 6.07 Å². The second-order valence-electron chi connectivity index (χ2n) is 3.31. The molecule has 4 nitrogen and oxygen atoms in total. The second-order valence-corrected chi connectivity index (χ2v) is 3.31. The summed E-state index contributed by atoms with van der Waals surface area (Å²) in [6.07, 6.45) is 1.55. The molecule has 1 aromatic carbocycles. The van der Waals surface area contributed by atoms with Gasteiger partial charge in [0.2, 0.25) is 0 Å². The summed E-state index contributed by atoms with van der Waals surface area (Å²) >= 11 is 0. The molecule has 0 spiro atoms. The average Bonchev–Trinajstić information content (AvgIpc) is 2.30. The van der Waals surface area contributed by atoms with Crippen molar-refractivity contribution in [1.82, 2.24) is 0 Å². The van der Waals surface area contributed by atoms with Crippen molar-refractivity contribution in [3.8, 4) is 11.5 Å². The van der Waals surface area contributed by atoms with Gasteiger partial charge >= 0.3 is 5.97 Å². The number of hydrogen-bond donors (Lipinski definition) is 1. The number of unbranched alkanes of at least 4 members (excludes halogenated alkanes) is 1. The van der Waals surface area contributed by atoms with Gasteiger partial charge in [0.1, 0.15) is 0 Å². The van der Waals surface area contributed by atoms with Crippen molar-refractivity contribution in [3.05, 3.63) is 24.3 Å². The van der Waals surface area contributed by atoms with E-state index in [1.165, 1.54) is 7.11 Å². The van der Waals surface area contributed by atoms with Crippen LogP contribution in [0.1, 0.15) is 19.3 Å². The van der Waals surface area contributed by atoms with E-state index in [2.05, 4.69) is 0 Å². The molecule has 0 saturated carbocycles. The second kappa shape index (κ2) is 6.85. The van der Waals surface area contributed by atoms with Gasteiger partial charge in [-0.05, 0) is 25.0 Å². The number of aliphatic hydroxyl groups is 1. The standard InChI is InChI=1S/C12H16O4/c1-15-10-6-2-3-7-11(10)16-12(14)8-4-5-9-13/h2-3,6-7,13H,4-5,8-9H2,1H3. The zero-order chi connectivity index (χ0) is 11.8. The first-order valence-corrected chi connectivity index (χ1v) is 5.22. The van der Waals surface area contributed by atoms with Crippen molar-refractivity contribution < 1.29 is 19.4 Å². The molecule has 0 saturated heterocycles. The number of carbonyl (C=O) groups excluding carboxylic acids is 1. The van der Waals surface area contributed by atoms with Gasteiger partial charge in [0, 0.05) is 13.0 Å². The van der Waals surface area contributed by atoms with Crippen LogP contribution in [0.3, 0.4) is 0 Å². The molecule has 1 rings (SSSR count). The van der Waals surface area contributed by atoms with E-state index >= 15 is 0 Å². The molecule has 0 bridgehead atoms. The molecule has 0 radical (unpaired) electrons. The van der Waals surface area contributed by atoms with Gasteiger partial charge in [-0.1, -0.05) is 12.1 Å². The SMILES string of the molecule is COc1ccccc1OC(=O)CCCCO. The van der Waals surface area contributed by atoms with E-state index in [-0.39, 0.29) is 12.6 Å². The summed E-state index contributed by atoms with van der Waals surface area (Å²) in [6, 6.07) is 7.00. The highest BCUT2D eigenvalue weighted by Gasteiger charge is 2.08. The van der Waals surface area contributed by atoms with Gasteiger partial charge in [0.05, 0.1) is 7.11 Å². The van der Waals surface area contributed by atoms with Crippen molar-refractivity contribution in [2.75, 3.05) is 13.7 Å². The molecule has 0 atom stereocenters. The predicted molar refractivity (Wildman–Crippen MR) is 59.6 cm³/mol. The Kier molecular flexibility index (Phi) is 5.36. The fourth-order valence-corrected chi connectivity index (χ4v) is 1.26. The van der Waals surface area contributed by atoms with Gasteiger partial charge < -0.3 is 14.6 Å². The maximum Gasteiger partial charge on any atom is 0.311 e. The molecule has 0 aliphatic carbocycles. The van der Waals surface area contributed by atoms with Gasteiger partial charge in [0.25, 0.3) is 0 Å². The lowest BCUT2D eigenvalue weighted by atomic mass is 10.2. The largest absolute Gasteiger partial charge is 0.493 e. The molecule has 0 aromatic heterocycles. The highest BCUT2D eigenvalue weighted by molar-refractivity contribution is 5.73. The minimum Gasteiger partial charge on any atom is -0.493 e. The number of methoxy groups -OCH3 is 1. The number of carbonyl (C=O) groups is 1. The number of esters is 1. The van der Waals surface area contributed by atoms with E-state index in [1.54, 1.807) is 18.2 Å². The van der Waals surface area contributed by atoms with E-state index in [4.69, 9.17) is 14.6 Å². The summed E-state index contributed by atoms with van der Waals surface area (Å²) in [7, 11) is 1.53. The van der Waals surface area contributed by atoms with Crippen LogP contribution in [0.2, 0.25) is 0 Å². The van der Waals surface area contributed by atoms with Crippen LogP contribution < -0.4 is 9.47 Å². The highest BCUT2D eigenvalue weighted by Crippen LogP contribution is 2.26. The van der Waals surface area contributed by atoms with Gasteiger partial charge in [-0.2, -0.15) is 0 Å². The average molecular weight is 224 g/mol. The van der Waals surface area contributed by atoms with Gasteiger partial charge in [-0.3, -0.25) is 4.79 Å². The molecule has 0 aliphatic rings. The molecule has 88 valence electrons. The normalized spacial score (nSPS) is 9.88. The Balaban J connectivity index is 2.49. The van der Waals surface area contributed by atoms with E-state index in [0.717, 1.165) is 0 Å². The maximum absolute atomic E-state index is 11.4. The summed E-state index contributed by atoms with van der Waals surface area (Å²) in [5, 5.41) is 8.58. The summed E-state index contributed by atoms with van der Waals surface area (Å²) in [5.41, 5.74) is 0. The maximum atomic E-state index is 11.4. The van der Waals surface area contributed by atoms with Crippen LogP contribution in [0.25, 0.3) is 0 Å². The fourth-order valence-electron chi connectivity index (χ4n) is 1.26. The van der Waals surface area contributed by atoms with Crippen LogP contribution >= 0.6 is 0 Å². The third-order valence-electron chi connectivity index (χ3n) is 2.08. The van der Waals surface area contributed by atoms with E-state index < -0.39 is 0 Å². The number of benzene rings is 1. The fraction of sp³-hybridized carbons (Fsp3) is 0.417. The zero-order valence-electron chi connectivity index (χ0n) is 9.31. The first-order valence-electron chi connectivity index (χ1n) is 5.22. The quantitative estimate of drug-likeness (QED) is 0.454. The van der Waals surface area contributed by atoms with Crippen molar-refractivity contribution >= 4 is 5.97 Å². The van der Waals surface area contributed by atoms with Crippen LogP contribution in [-0.2, 0) is 4.79 Å². The van der Waals surface area contributed by atoms with Crippen molar-refractivity contribution in [1.29, 1.82) is 0 Å². The molecular formula is C12H16O4. The summed E-state index contributed by atoms with van der Waals surface area (Å²) < 4.78 is 10.2. The number of ether oxygens (including phenoxy) is 2. The number of hydrogen-bond acceptors (Lipinski definition) is 4. The summed E-state index contributed by atoms with van der Waals surface area (Å²) in [5.74, 6) is 0.662. The molecule has 4 heteroatoms. The van der Waals surface area contributed by atoms with Crippen LogP contribution in [0.5, 0.6) is 11.5 Å². The highest BCUT2D eigenvalue weighted by atomic mass is 16.6. The van der Waals surface area contributed by atoms with Crippen LogP contribution in [0.4, 0.5) is 0 Å². The molecule has 0 amide bonds. The Labute approximate surface area is 94.8 Å². The minimum atomic E-state index is -0.307. The lowest BCUT2D eigenvalue weighted by Crippen LogP contribution is -2.08. The van der Waals surface area contributed by atoms with Gasteiger partial charge in [-0.15, -0.1) is 0 Å². The number of para-hydroxylation sites is 2. The topological polar surface area (TPSA) is 55.8 Å². The van der Waals surface area contributed by atoms with Gasteiger partial charge in [-0.25, -0.2) is 0 Å². The predicted octanol–water partition coefficient (Wildman–Crippen LogP) is 1.76. The van der Waals surface area contributed by atoms with Crippen LogP contribution in [0.15, 0.2) is 24.3 Å². The first-order chi connectivity index (χ1) is 7.77. The summed E-state index contributed by atoms with van der Waals surface area (Å²) in [6.45, 7) is 0.0991. The molecule has 0 fully saturated rings. The van der Waals surface area contributed by atoms with Crippen molar-refractivity contribution in [3.63, 3.8) is 0 Å². The van der Waals surface area contributed by atoms with Crippen molar-refractivity contribution in [2.24, 2.45) is 0 Å². The Morgan fingerprint density at radius 1 is 1.25 bits per heavy atom. The van der Waals surface area contributed by atoms with E-state index in [0.29, 0.717) is 30.8 Å². The molecule has 0 unspecified atom stereocenters. The smallest absolute Gasteiger partial charge is 0.311 e. The van der Waals surface area contributed by atoms with Crippen LogP contribution in [0, 0.1) is 0 Å². The number of rotatable bonds is 6. The molecule has 0 heterocycles. The molecular weight excluding hydrogens is 208 g/mol.